The van der Waals surface area contributed by atoms with Crippen molar-refractivity contribution in [3.05, 3.63) is 65.5 Å². The Morgan fingerprint density at radius 2 is 1.75 bits per heavy atom. The second-order valence-corrected chi connectivity index (χ2v) is 4.99. The minimum atomic E-state index is -1.63. The third-order valence-electron chi connectivity index (χ3n) is 3.44. The molecule has 126 valence electrons. The summed E-state index contributed by atoms with van der Waals surface area (Å²) in [6.45, 7) is 0. The molecule has 0 heterocycles. The lowest BCUT2D eigenvalue weighted by Crippen LogP contribution is -2.45. The van der Waals surface area contributed by atoms with E-state index < -0.39 is 29.8 Å². The lowest BCUT2D eigenvalue weighted by molar-refractivity contribution is -0.142. The van der Waals surface area contributed by atoms with Crippen LogP contribution in [0.4, 0.5) is 4.39 Å². The molecule has 2 aromatic carbocycles. The quantitative estimate of drug-likeness (QED) is 0.748. The number of aliphatic carboxylic acids is 1. The molecule has 0 aliphatic heterocycles. The van der Waals surface area contributed by atoms with Crippen molar-refractivity contribution in [2.75, 3.05) is 7.11 Å². The molecule has 0 fully saturated rings. The van der Waals surface area contributed by atoms with Crippen LogP contribution >= 0.6 is 0 Å². The first-order valence-electron chi connectivity index (χ1n) is 7.04. The van der Waals surface area contributed by atoms with E-state index in [1.165, 1.54) is 37.4 Å². The smallest absolute Gasteiger partial charge is 0.329 e. The van der Waals surface area contributed by atoms with E-state index in [-0.39, 0.29) is 11.1 Å². The topological polar surface area (TPSA) is 95.9 Å². The summed E-state index contributed by atoms with van der Waals surface area (Å²) in [6, 6.07) is 9.61. The number of ether oxygens (including phenoxy) is 1. The number of carboxylic acids is 1. The predicted octanol–water partition coefficient (Wildman–Crippen LogP) is 1.75. The number of nitrogens with one attached hydrogen (secondary N) is 1. The Bertz CT molecular complexity index is 732. The van der Waals surface area contributed by atoms with Crippen LogP contribution in [-0.2, 0) is 4.79 Å². The summed E-state index contributed by atoms with van der Waals surface area (Å²) < 4.78 is 18.6. The molecular weight excluding hydrogens is 317 g/mol. The lowest BCUT2D eigenvalue weighted by Gasteiger charge is -2.21. The highest BCUT2D eigenvalue weighted by Gasteiger charge is 2.30. The van der Waals surface area contributed by atoms with Crippen LogP contribution in [0.5, 0.6) is 5.75 Å². The first kappa shape index (κ1) is 17.4. The van der Waals surface area contributed by atoms with E-state index >= 15 is 0 Å². The fraction of sp³-hybridized carbons (Fsp3) is 0.176. The Morgan fingerprint density at radius 1 is 1.12 bits per heavy atom. The summed E-state index contributed by atoms with van der Waals surface area (Å²) in [6.07, 6.45) is -1.51. The van der Waals surface area contributed by atoms with Gasteiger partial charge in [0.05, 0.1) is 12.7 Å². The van der Waals surface area contributed by atoms with Gasteiger partial charge in [0.25, 0.3) is 5.91 Å². The third kappa shape index (κ3) is 3.88. The van der Waals surface area contributed by atoms with Crippen molar-refractivity contribution in [2.45, 2.75) is 12.1 Å². The van der Waals surface area contributed by atoms with Gasteiger partial charge in [0.1, 0.15) is 17.7 Å². The Hall–Kier alpha value is -2.93. The minimum absolute atomic E-state index is 0.275. The van der Waals surface area contributed by atoms with E-state index in [1.54, 1.807) is 12.1 Å². The number of aliphatic hydroxyl groups is 1. The second-order valence-electron chi connectivity index (χ2n) is 4.99. The number of hydrogen-bond acceptors (Lipinski definition) is 4. The molecule has 6 nitrogen and oxygen atoms in total. The highest BCUT2D eigenvalue weighted by Crippen LogP contribution is 2.21. The Balaban J connectivity index is 2.20. The highest BCUT2D eigenvalue weighted by molar-refractivity contribution is 5.97. The lowest BCUT2D eigenvalue weighted by atomic mass is 10.0. The molecule has 0 saturated carbocycles. The monoisotopic (exact) mass is 333 g/mol. The van der Waals surface area contributed by atoms with E-state index in [2.05, 4.69) is 5.32 Å². The number of aliphatic hydroxyl groups excluding tert-OH is 1. The number of methoxy groups -OCH3 is 1. The molecule has 0 aromatic heterocycles. The van der Waals surface area contributed by atoms with Crippen molar-refractivity contribution in [1.82, 2.24) is 5.32 Å². The van der Waals surface area contributed by atoms with Crippen molar-refractivity contribution in [2.24, 2.45) is 0 Å². The van der Waals surface area contributed by atoms with Crippen LogP contribution in [0.3, 0.4) is 0 Å². The number of carbonyl (C=O) groups is 2. The van der Waals surface area contributed by atoms with Gasteiger partial charge in [-0.3, -0.25) is 4.79 Å². The van der Waals surface area contributed by atoms with Crippen LogP contribution in [0.2, 0.25) is 0 Å². The van der Waals surface area contributed by atoms with E-state index in [0.29, 0.717) is 5.75 Å². The molecule has 7 heteroatoms. The standard InChI is InChI=1S/C17H16FNO5/c1-24-11-8-6-10(7-9-11)15(20)14(17(22)23)19-16(21)12-4-2-3-5-13(12)18/h2-9,14-15,20H,1H3,(H,19,21)(H,22,23). The van der Waals surface area contributed by atoms with Gasteiger partial charge in [0, 0.05) is 0 Å². The number of halogens is 1. The molecule has 2 aromatic rings. The molecule has 0 bridgehead atoms. The number of benzene rings is 2. The number of amides is 1. The number of carboxylic acid groups (broad SMARTS) is 1. The van der Waals surface area contributed by atoms with Crippen molar-refractivity contribution < 1.29 is 28.9 Å². The molecule has 0 aliphatic rings. The summed E-state index contributed by atoms with van der Waals surface area (Å²) in [5, 5.41) is 21.7. The first-order chi connectivity index (χ1) is 11.4. The Morgan fingerprint density at radius 3 is 2.29 bits per heavy atom. The van der Waals surface area contributed by atoms with Crippen molar-refractivity contribution in [1.29, 1.82) is 0 Å². The van der Waals surface area contributed by atoms with Crippen LogP contribution in [-0.4, -0.2) is 35.2 Å². The molecule has 0 saturated heterocycles. The van der Waals surface area contributed by atoms with Gasteiger partial charge >= 0.3 is 5.97 Å². The van der Waals surface area contributed by atoms with E-state index in [4.69, 9.17) is 4.74 Å². The average molecular weight is 333 g/mol. The zero-order chi connectivity index (χ0) is 17.7. The van der Waals surface area contributed by atoms with Crippen molar-refractivity contribution >= 4 is 11.9 Å². The van der Waals surface area contributed by atoms with E-state index in [9.17, 15) is 24.2 Å². The summed E-state index contributed by atoms with van der Waals surface area (Å²) in [5.41, 5.74) is -0.0253. The van der Waals surface area contributed by atoms with E-state index in [1.807, 2.05) is 0 Å². The first-order valence-corrected chi connectivity index (χ1v) is 7.04. The van der Waals surface area contributed by atoms with Gasteiger partial charge in [-0.1, -0.05) is 24.3 Å². The van der Waals surface area contributed by atoms with Crippen molar-refractivity contribution in [3.8, 4) is 5.75 Å². The fourth-order valence-corrected chi connectivity index (χ4v) is 2.13. The molecule has 3 N–H and O–H groups in total. The van der Waals surface area contributed by atoms with Gasteiger partial charge in [-0.25, -0.2) is 9.18 Å². The second kappa shape index (κ2) is 7.56. The highest BCUT2D eigenvalue weighted by atomic mass is 19.1. The van der Waals surface area contributed by atoms with Crippen LogP contribution in [0.25, 0.3) is 0 Å². The normalized spacial score (nSPS) is 13.0. The van der Waals surface area contributed by atoms with Crippen LogP contribution in [0, 0.1) is 5.82 Å². The number of rotatable bonds is 6. The van der Waals surface area contributed by atoms with Gasteiger partial charge < -0.3 is 20.3 Å². The summed E-state index contributed by atoms with van der Waals surface area (Å²) in [7, 11) is 1.47. The zero-order valence-electron chi connectivity index (χ0n) is 12.8. The summed E-state index contributed by atoms with van der Waals surface area (Å²) >= 11 is 0. The molecule has 0 aliphatic carbocycles. The third-order valence-corrected chi connectivity index (χ3v) is 3.44. The summed E-state index contributed by atoms with van der Waals surface area (Å²) in [5.74, 6) is -2.61. The maximum atomic E-state index is 13.6. The maximum Gasteiger partial charge on any atom is 0.329 e. The molecule has 0 radical (unpaired) electrons. The molecule has 1 amide bonds. The fourth-order valence-electron chi connectivity index (χ4n) is 2.13. The molecule has 0 spiro atoms. The average Bonchev–Trinajstić information content (AvgIpc) is 2.59. The van der Waals surface area contributed by atoms with Gasteiger partial charge in [-0.05, 0) is 29.8 Å². The Kier molecular flexibility index (Phi) is 5.49. The number of hydrogen-bond donors (Lipinski definition) is 3. The van der Waals surface area contributed by atoms with Crippen LogP contribution < -0.4 is 10.1 Å². The molecular formula is C17H16FNO5. The van der Waals surface area contributed by atoms with Gasteiger partial charge in [0.15, 0.2) is 6.04 Å². The van der Waals surface area contributed by atoms with Crippen LogP contribution in [0.1, 0.15) is 22.0 Å². The molecule has 2 rings (SSSR count). The van der Waals surface area contributed by atoms with Crippen molar-refractivity contribution in [3.63, 3.8) is 0 Å². The van der Waals surface area contributed by atoms with Gasteiger partial charge in [-0.15, -0.1) is 0 Å². The predicted molar refractivity (Wildman–Crippen MR) is 83.2 cm³/mol. The maximum absolute atomic E-state index is 13.6. The molecule has 2 unspecified atom stereocenters. The minimum Gasteiger partial charge on any atom is -0.497 e. The van der Waals surface area contributed by atoms with Gasteiger partial charge in [0.2, 0.25) is 0 Å². The Labute approximate surface area is 137 Å². The molecule has 2 atom stereocenters. The van der Waals surface area contributed by atoms with Crippen LogP contribution in [0.15, 0.2) is 48.5 Å². The SMILES string of the molecule is COc1ccc(C(O)C(NC(=O)c2ccccc2F)C(=O)O)cc1. The molecule has 24 heavy (non-hydrogen) atoms. The van der Waals surface area contributed by atoms with Gasteiger partial charge in [-0.2, -0.15) is 0 Å². The number of carbonyl (C=O) groups excluding carboxylic acids is 1. The largest absolute Gasteiger partial charge is 0.497 e. The zero-order valence-corrected chi connectivity index (χ0v) is 12.8. The summed E-state index contributed by atoms with van der Waals surface area (Å²) in [4.78, 5) is 23.5. The van der Waals surface area contributed by atoms with E-state index in [0.717, 1.165) is 6.07 Å².